The highest BCUT2D eigenvalue weighted by molar-refractivity contribution is 5.19. The van der Waals surface area contributed by atoms with Crippen LogP contribution in [0.25, 0.3) is 0 Å². The monoisotopic (exact) mass is 290 g/mol. The fourth-order valence-corrected chi connectivity index (χ4v) is 4.35. The molecule has 2 fully saturated rings. The highest BCUT2D eigenvalue weighted by atomic mass is 15.3. The van der Waals surface area contributed by atoms with Crippen molar-refractivity contribution in [3.63, 3.8) is 0 Å². The minimum atomic E-state index is 0.115. The molecule has 2 heterocycles. The number of nitrogens with two attached hydrogens (primary N) is 1. The average molecular weight is 290 g/mol. The summed E-state index contributed by atoms with van der Waals surface area (Å²) in [6, 6.07) is 0.115. The van der Waals surface area contributed by atoms with Gasteiger partial charge in [-0.3, -0.25) is 9.58 Å². The highest BCUT2D eigenvalue weighted by Crippen LogP contribution is 2.44. The van der Waals surface area contributed by atoms with E-state index < -0.39 is 0 Å². The third-order valence-corrected chi connectivity index (χ3v) is 5.50. The molecule has 1 aliphatic heterocycles. The Bertz CT molecular complexity index is 441. The van der Waals surface area contributed by atoms with Gasteiger partial charge >= 0.3 is 0 Å². The highest BCUT2D eigenvalue weighted by Gasteiger charge is 2.45. The van der Waals surface area contributed by atoms with E-state index in [2.05, 4.69) is 23.1 Å². The smallest absolute Gasteiger partial charge is 0.0538 e. The number of piperidine rings is 1. The zero-order valence-electron chi connectivity index (χ0n) is 13.4. The van der Waals surface area contributed by atoms with Gasteiger partial charge < -0.3 is 5.73 Å². The maximum atomic E-state index is 6.78. The molecule has 1 aliphatic carbocycles. The number of aryl methyl sites for hydroxylation is 1. The fourth-order valence-electron chi connectivity index (χ4n) is 4.35. The van der Waals surface area contributed by atoms with Gasteiger partial charge in [0.1, 0.15) is 0 Å². The molecule has 4 heteroatoms. The van der Waals surface area contributed by atoms with Crippen LogP contribution in [0.5, 0.6) is 0 Å². The van der Waals surface area contributed by atoms with E-state index in [0.717, 1.165) is 13.0 Å². The minimum Gasteiger partial charge on any atom is -0.322 e. The van der Waals surface area contributed by atoms with Crippen LogP contribution < -0.4 is 5.73 Å². The third-order valence-electron chi connectivity index (χ3n) is 5.50. The van der Waals surface area contributed by atoms with Crippen LogP contribution in [0.3, 0.4) is 0 Å². The maximum absolute atomic E-state index is 6.78. The summed E-state index contributed by atoms with van der Waals surface area (Å²) in [5, 5.41) is 4.49. The van der Waals surface area contributed by atoms with E-state index in [-0.39, 0.29) is 11.6 Å². The molecular formula is C17H30N4. The molecule has 3 rings (SSSR count). The summed E-state index contributed by atoms with van der Waals surface area (Å²) in [6.07, 6.45) is 14.5. The summed E-state index contributed by atoms with van der Waals surface area (Å²) in [4.78, 5) is 2.71. The Morgan fingerprint density at radius 3 is 2.57 bits per heavy atom. The second-order valence-corrected chi connectivity index (χ2v) is 6.87. The number of aromatic nitrogens is 2. The van der Waals surface area contributed by atoms with E-state index in [4.69, 9.17) is 5.73 Å². The van der Waals surface area contributed by atoms with Gasteiger partial charge in [0.15, 0.2) is 0 Å². The van der Waals surface area contributed by atoms with Crippen LogP contribution in [0.4, 0.5) is 0 Å². The number of hydrogen-bond donors (Lipinski definition) is 1. The second-order valence-electron chi connectivity index (χ2n) is 6.87. The normalized spacial score (nSPS) is 24.3. The van der Waals surface area contributed by atoms with Crippen molar-refractivity contribution >= 4 is 0 Å². The summed E-state index contributed by atoms with van der Waals surface area (Å²) in [5.74, 6) is 0. The van der Waals surface area contributed by atoms with Crippen molar-refractivity contribution in [1.29, 1.82) is 0 Å². The molecule has 0 radical (unpaired) electrons. The molecule has 1 aromatic rings. The van der Waals surface area contributed by atoms with E-state index in [1.807, 2.05) is 10.9 Å². The molecule has 1 aromatic heterocycles. The van der Waals surface area contributed by atoms with E-state index in [0.29, 0.717) is 0 Å². The Labute approximate surface area is 128 Å². The Kier molecular flexibility index (Phi) is 4.65. The molecular weight excluding hydrogens is 260 g/mol. The lowest BCUT2D eigenvalue weighted by Gasteiger charge is -2.47. The Morgan fingerprint density at radius 2 is 1.90 bits per heavy atom. The van der Waals surface area contributed by atoms with Crippen molar-refractivity contribution in [2.24, 2.45) is 5.73 Å². The van der Waals surface area contributed by atoms with Crippen molar-refractivity contribution < 1.29 is 0 Å². The summed E-state index contributed by atoms with van der Waals surface area (Å²) >= 11 is 0. The van der Waals surface area contributed by atoms with Crippen LogP contribution in [0.2, 0.25) is 0 Å². The largest absolute Gasteiger partial charge is 0.322 e. The standard InChI is InChI=1S/C17H30N4/c1-2-10-21-14-15(13-19-21)16(18)17(8-4-5-9-17)20-11-6-3-7-12-20/h13-14,16H,2-12,18H2,1H3. The molecule has 0 spiro atoms. The van der Waals surface area contributed by atoms with Gasteiger partial charge in [-0.15, -0.1) is 0 Å². The van der Waals surface area contributed by atoms with Gasteiger partial charge in [0.05, 0.1) is 12.2 Å². The predicted molar refractivity (Wildman–Crippen MR) is 86.1 cm³/mol. The van der Waals surface area contributed by atoms with E-state index in [9.17, 15) is 0 Å². The van der Waals surface area contributed by atoms with Gasteiger partial charge in [-0.2, -0.15) is 5.10 Å². The minimum absolute atomic E-state index is 0.115. The first-order chi connectivity index (χ1) is 10.3. The first-order valence-corrected chi connectivity index (χ1v) is 8.79. The molecule has 2 N–H and O–H groups in total. The first-order valence-electron chi connectivity index (χ1n) is 8.79. The van der Waals surface area contributed by atoms with Gasteiger partial charge in [-0.25, -0.2) is 0 Å². The molecule has 4 nitrogen and oxygen atoms in total. The SMILES string of the molecule is CCCn1cc(C(N)C2(N3CCCCC3)CCCC2)cn1. The Hall–Kier alpha value is -0.870. The van der Waals surface area contributed by atoms with Crippen molar-refractivity contribution in [2.45, 2.75) is 76.4 Å². The van der Waals surface area contributed by atoms with E-state index >= 15 is 0 Å². The van der Waals surface area contributed by atoms with Crippen molar-refractivity contribution in [3.05, 3.63) is 18.0 Å². The molecule has 1 unspecified atom stereocenters. The van der Waals surface area contributed by atoms with Crippen molar-refractivity contribution in [1.82, 2.24) is 14.7 Å². The van der Waals surface area contributed by atoms with Crippen molar-refractivity contribution in [3.8, 4) is 0 Å². The number of rotatable bonds is 5. The van der Waals surface area contributed by atoms with Crippen LogP contribution in [0, 0.1) is 0 Å². The fraction of sp³-hybridized carbons (Fsp3) is 0.824. The zero-order valence-corrected chi connectivity index (χ0v) is 13.4. The first kappa shape index (κ1) is 15.0. The lowest BCUT2D eigenvalue weighted by Crippen LogP contribution is -2.55. The second kappa shape index (κ2) is 6.49. The number of nitrogens with zero attached hydrogens (tertiary/aromatic N) is 3. The average Bonchev–Trinajstić information content (AvgIpc) is 3.18. The quantitative estimate of drug-likeness (QED) is 0.906. The van der Waals surface area contributed by atoms with Crippen LogP contribution in [0.15, 0.2) is 12.4 Å². The van der Waals surface area contributed by atoms with Crippen LogP contribution in [-0.2, 0) is 6.54 Å². The molecule has 1 saturated heterocycles. The van der Waals surface area contributed by atoms with E-state index in [1.165, 1.54) is 63.6 Å². The van der Waals surface area contributed by atoms with Gasteiger partial charge in [0.2, 0.25) is 0 Å². The lowest BCUT2D eigenvalue weighted by atomic mass is 9.82. The Morgan fingerprint density at radius 1 is 1.19 bits per heavy atom. The van der Waals surface area contributed by atoms with Gasteiger partial charge in [0, 0.05) is 23.8 Å². The van der Waals surface area contributed by atoms with E-state index in [1.54, 1.807) is 0 Å². The molecule has 0 bridgehead atoms. The predicted octanol–water partition coefficient (Wildman–Crippen LogP) is 3.09. The summed E-state index contributed by atoms with van der Waals surface area (Å²) in [5.41, 5.74) is 8.21. The topological polar surface area (TPSA) is 47.1 Å². The van der Waals surface area contributed by atoms with Gasteiger partial charge in [-0.05, 0) is 45.2 Å². The number of hydrogen-bond acceptors (Lipinski definition) is 3. The van der Waals surface area contributed by atoms with Crippen LogP contribution in [-0.4, -0.2) is 33.3 Å². The molecule has 0 aromatic carbocycles. The van der Waals surface area contributed by atoms with Gasteiger partial charge in [-0.1, -0.05) is 26.2 Å². The van der Waals surface area contributed by atoms with Crippen LogP contribution in [0.1, 0.15) is 69.9 Å². The summed E-state index contributed by atoms with van der Waals surface area (Å²) in [6.45, 7) is 5.64. The molecule has 0 amide bonds. The maximum Gasteiger partial charge on any atom is 0.0538 e. The molecule has 1 saturated carbocycles. The summed E-state index contributed by atoms with van der Waals surface area (Å²) in [7, 11) is 0. The molecule has 1 atom stereocenters. The number of likely N-dealkylation sites (tertiary alicyclic amines) is 1. The molecule has 21 heavy (non-hydrogen) atoms. The third kappa shape index (κ3) is 2.88. The van der Waals surface area contributed by atoms with Crippen LogP contribution >= 0.6 is 0 Å². The lowest BCUT2D eigenvalue weighted by molar-refractivity contribution is 0.0478. The van der Waals surface area contributed by atoms with Crippen molar-refractivity contribution in [2.75, 3.05) is 13.1 Å². The Balaban J connectivity index is 1.81. The van der Waals surface area contributed by atoms with Gasteiger partial charge in [0.25, 0.3) is 0 Å². The summed E-state index contributed by atoms with van der Waals surface area (Å²) < 4.78 is 2.05. The zero-order chi connectivity index (χ0) is 14.7. The molecule has 118 valence electrons. The molecule has 2 aliphatic rings.